The lowest BCUT2D eigenvalue weighted by molar-refractivity contribution is -0.136. The first-order valence-corrected chi connectivity index (χ1v) is 10.4. The fourth-order valence-electron chi connectivity index (χ4n) is 3.52. The number of aromatic nitrogens is 2. The molecule has 0 aliphatic carbocycles. The average molecular weight is 475 g/mol. The molecule has 0 atom stereocenters. The summed E-state index contributed by atoms with van der Waals surface area (Å²) in [5, 5.41) is 9.45. The molecule has 0 aliphatic rings. The summed E-state index contributed by atoms with van der Waals surface area (Å²) in [6.45, 7) is 2.26. The summed E-state index contributed by atoms with van der Waals surface area (Å²) in [5.41, 5.74) is -2.45. The number of alkyl halides is 3. The van der Waals surface area contributed by atoms with Crippen molar-refractivity contribution in [2.75, 3.05) is 6.61 Å². The summed E-state index contributed by atoms with van der Waals surface area (Å²) in [6, 6.07) is 1.51. The smallest absolute Gasteiger partial charge is 0.417 e. The second-order valence-electron chi connectivity index (χ2n) is 7.36. The quantitative estimate of drug-likeness (QED) is 0.384. The average Bonchev–Trinajstić information content (AvgIpc) is 2.94. The zero-order chi connectivity index (χ0) is 23.6. The minimum Gasteiger partial charge on any atom is -0.493 e. The molecule has 11 heteroatoms. The third-order valence-corrected chi connectivity index (χ3v) is 5.26. The highest BCUT2D eigenvalue weighted by Crippen LogP contribution is 2.41. The van der Waals surface area contributed by atoms with Crippen LogP contribution in [0.4, 0.5) is 13.2 Å². The summed E-state index contributed by atoms with van der Waals surface area (Å²) in [7, 11) is 1.53. The second kappa shape index (κ2) is 9.32. The number of aromatic hydroxyl groups is 1. The Morgan fingerprint density at radius 3 is 2.53 bits per heavy atom. The predicted octanol–water partition coefficient (Wildman–Crippen LogP) is 4.48. The molecule has 32 heavy (non-hydrogen) atoms. The molecule has 7 nitrogen and oxygen atoms in total. The van der Waals surface area contributed by atoms with E-state index in [9.17, 15) is 27.9 Å². The van der Waals surface area contributed by atoms with E-state index in [1.807, 2.05) is 6.92 Å². The highest BCUT2D eigenvalue weighted by Gasteiger charge is 2.35. The maximum atomic E-state index is 13.4. The van der Waals surface area contributed by atoms with Gasteiger partial charge in [-0.1, -0.05) is 24.9 Å². The standard InChI is InChI=1S/C21H22ClF3N2O5/c1-3-6-12-18-13(14(21(23,24)25)10-17(29)32-18)9-15(22)19(12)31-8-5-4-7-27-16(28)11-26(2)20(27)30/h9-11,28H,3-8H2,1-2H3. The highest BCUT2D eigenvalue weighted by atomic mass is 35.5. The molecule has 0 saturated carbocycles. The molecule has 0 unspecified atom stereocenters. The van der Waals surface area contributed by atoms with Gasteiger partial charge in [0, 0.05) is 30.6 Å². The molecular formula is C21H22ClF3N2O5. The third-order valence-electron chi connectivity index (χ3n) is 4.98. The molecule has 0 fully saturated rings. The van der Waals surface area contributed by atoms with E-state index in [0.29, 0.717) is 37.3 Å². The monoisotopic (exact) mass is 474 g/mol. The first-order valence-electron chi connectivity index (χ1n) is 9.99. The summed E-state index contributed by atoms with van der Waals surface area (Å²) in [5.74, 6) is 0.0277. The number of hydrogen-bond acceptors (Lipinski definition) is 5. The minimum absolute atomic E-state index is 0.0165. The highest BCUT2D eigenvalue weighted by molar-refractivity contribution is 6.33. The number of benzene rings is 1. The first kappa shape index (κ1) is 23.8. The summed E-state index contributed by atoms with van der Waals surface area (Å²) in [4.78, 5) is 23.7. The van der Waals surface area contributed by atoms with Crippen LogP contribution in [0.5, 0.6) is 11.6 Å². The van der Waals surface area contributed by atoms with Crippen molar-refractivity contribution in [1.29, 1.82) is 0 Å². The number of hydrogen-bond donors (Lipinski definition) is 1. The Hall–Kier alpha value is -2.88. The van der Waals surface area contributed by atoms with Crippen molar-refractivity contribution < 1.29 is 27.4 Å². The molecule has 3 rings (SSSR count). The molecule has 2 aromatic heterocycles. The SMILES string of the molecule is CCCc1c(OCCCCn2c(O)cn(C)c2=O)c(Cl)cc2c(C(F)(F)F)cc(=O)oc12. The normalized spacial score (nSPS) is 11.9. The van der Waals surface area contributed by atoms with Gasteiger partial charge in [0.25, 0.3) is 0 Å². The van der Waals surface area contributed by atoms with Crippen LogP contribution in [0.1, 0.15) is 37.3 Å². The Kier molecular flexibility index (Phi) is 6.92. The van der Waals surface area contributed by atoms with E-state index in [4.69, 9.17) is 20.8 Å². The van der Waals surface area contributed by atoms with Crippen LogP contribution in [0.3, 0.4) is 0 Å². The van der Waals surface area contributed by atoms with E-state index in [2.05, 4.69) is 0 Å². The van der Waals surface area contributed by atoms with Crippen molar-refractivity contribution in [2.24, 2.45) is 7.05 Å². The van der Waals surface area contributed by atoms with Crippen molar-refractivity contribution >= 4 is 22.6 Å². The maximum Gasteiger partial charge on any atom is 0.417 e. The van der Waals surface area contributed by atoms with Crippen LogP contribution in [-0.2, 0) is 26.2 Å². The van der Waals surface area contributed by atoms with E-state index >= 15 is 0 Å². The molecule has 0 spiro atoms. The molecule has 2 heterocycles. The van der Waals surface area contributed by atoms with Gasteiger partial charge in [0.1, 0.15) is 11.3 Å². The van der Waals surface area contributed by atoms with Crippen molar-refractivity contribution in [3.8, 4) is 11.6 Å². The summed E-state index contributed by atoms with van der Waals surface area (Å²) in [6.07, 6.45) is -1.60. The van der Waals surface area contributed by atoms with Crippen LogP contribution in [0.2, 0.25) is 5.02 Å². The minimum atomic E-state index is -4.75. The third kappa shape index (κ3) is 4.79. The van der Waals surface area contributed by atoms with E-state index in [1.54, 1.807) is 0 Å². The zero-order valence-electron chi connectivity index (χ0n) is 17.5. The molecule has 0 saturated heterocycles. The van der Waals surface area contributed by atoms with Gasteiger partial charge in [-0.15, -0.1) is 0 Å². The summed E-state index contributed by atoms with van der Waals surface area (Å²) < 4.78 is 53.7. The van der Waals surface area contributed by atoms with Crippen molar-refractivity contribution in [3.63, 3.8) is 0 Å². The van der Waals surface area contributed by atoms with Crippen LogP contribution in [0.25, 0.3) is 11.0 Å². The molecule has 0 bridgehead atoms. The summed E-state index contributed by atoms with van der Waals surface area (Å²) >= 11 is 6.27. The van der Waals surface area contributed by atoms with Crippen LogP contribution in [0.15, 0.2) is 32.3 Å². The van der Waals surface area contributed by atoms with Gasteiger partial charge in [0.15, 0.2) is 0 Å². The molecule has 0 aliphatic heterocycles. The molecule has 0 radical (unpaired) electrons. The van der Waals surface area contributed by atoms with E-state index in [-0.39, 0.29) is 46.5 Å². The number of rotatable bonds is 8. The largest absolute Gasteiger partial charge is 0.493 e. The Bertz CT molecular complexity index is 1240. The number of aryl methyl sites for hydroxylation is 2. The van der Waals surface area contributed by atoms with Crippen molar-refractivity contribution in [2.45, 2.75) is 45.3 Å². The van der Waals surface area contributed by atoms with Gasteiger partial charge in [-0.25, -0.2) is 9.59 Å². The van der Waals surface area contributed by atoms with Crippen molar-refractivity contribution in [1.82, 2.24) is 9.13 Å². The molecule has 0 amide bonds. The predicted molar refractivity (Wildman–Crippen MR) is 113 cm³/mol. The zero-order valence-corrected chi connectivity index (χ0v) is 18.2. The van der Waals surface area contributed by atoms with Crippen LogP contribution < -0.4 is 16.1 Å². The number of halogens is 4. The fourth-order valence-corrected chi connectivity index (χ4v) is 3.80. The molecule has 3 aromatic rings. The molecule has 1 N–H and O–H groups in total. The fraction of sp³-hybridized carbons (Fsp3) is 0.429. The number of fused-ring (bicyclic) bond motifs is 1. The van der Waals surface area contributed by atoms with Crippen molar-refractivity contribution in [3.05, 3.63) is 55.4 Å². The Labute approximate surface area is 185 Å². The molecule has 174 valence electrons. The lowest BCUT2D eigenvalue weighted by Crippen LogP contribution is -2.22. The van der Waals surface area contributed by atoms with Gasteiger partial charge < -0.3 is 14.3 Å². The van der Waals surface area contributed by atoms with Gasteiger partial charge in [-0.05, 0) is 25.3 Å². The Morgan fingerprint density at radius 2 is 1.94 bits per heavy atom. The lowest BCUT2D eigenvalue weighted by Gasteiger charge is -2.17. The van der Waals surface area contributed by atoms with Crippen LogP contribution in [-0.4, -0.2) is 20.8 Å². The number of ether oxygens (including phenoxy) is 1. The van der Waals surface area contributed by atoms with E-state index < -0.39 is 17.4 Å². The number of imidazole rings is 1. The van der Waals surface area contributed by atoms with Gasteiger partial charge in [-0.3, -0.25) is 9.13 Å². The van der Waals surface area contributed by atoms with Gasteiger partial charge in [0.2, 0.25) is 5.88 Å². The Morgan fingerprint density at radius 1 is 1.22 bits per heavy atom. The van der Waals surface area contributed by atoms with Gasteiger partial charge in [-0.2, -0.15) is 13.2 Å². The maximum absolute atomic E-state index is 13.4. The first-order chi connectivity index (χ1) is 15.0. The number of nitrogens with zero attached hydrogens (tertiary/aromatic N) is 2. The van der Waals surface area contributed by atoms with Gasteiger partial charge in [0.05, 0.1) is 23.4 Å². The van der Waals surface area contributed by atoms with Crippen LogP contribution in [0, 0.1) is 0 Å². The van der Waals surface area contributed by atoms with E-state index in [1.165, 1.54) is 22.4 Å². The lowest BCUT2D eigenvalue weighted by atomic mass is 10.0. The second-order valence-corrected chi connectivity index (χ2v) is 7.76. The van der Waals surface area contributed by atoms with E-state index in [0.717, 1.165) is 6.07 Å². The number of unbranched alkanes of at least 4 members (excludes halogenated alkanes) is 1. The van der Waals surface area contributed by atoms with Gasteiger partial charge >= 0.3 is 17.5 Å². The Balaban J connectivity index is 1.84. The topological polar surface area (TPSA) is 86.6 Å². The molecular weight excluding hydrogens is 453 g/mol. The molecule has 1 aromatic carbocycles. The van der Waals surface area contributed by atoms with Crippen LogP contribution >= 0.6 is 11.6 Å².